The van der Waals surface area contributed by atoms with Gasteiger partial charge < -0.3 is 24.9 Å². The zero-order valence-electron chi connectivity index (χ0n) is 21.8. The van der Waals surface area contributed by atoms with Gasteiger partial charge in [-0.15, -0.1) is 0 Å². The molecule has 2 aromatic heterocycles. The van der Waals surface area contributed by atoms with E-state index in [-0.39, 0.29) is 23.0 Å². The number of para-hydroxylation sites is 1. The van der Waals surface area contributed by atoms with Gasteiger partial charge in [-0.1, -0.05) is 29.8 Å². The van der Waals surface area contributed by atoms with E-state index in [9.17, 15) is 9.90 Å². The zero-order valence-corrected chi connectivity index (χ0v) is 22.5. The highest BCUT2D eigenvalue weighted by molar-refractivity contribution is 6.30. The third-order valence-electron chi connectivity index (χ3n) is 7.75. The Balaban J connectivity index is 1.56. The number of carbonyl (C=O) groups is 1. The lowest BCUT2D eigenvalue weighted by molar-refractivity contribution is -0.115. The Morgan fingerprint density at radius 2 is 1.75 bits per heavy atom. The van der Waals surface area contributed by atoms with Crippen molar-refractivity contribution in [1.82, 2.24) is 14.8 Å². The summed E-state index contributed by atoms with van der Waals surface area (Å²) in [6.07, 6.45) is 2.97. The van der Waals surface area contributed by atoms with Gasteiger partial charge in [0.2, 0.25) is 5.75 Å². The van der Waals surface area contributed by atoms with Crippen molar-refractivity contribution >= 4 is 34.1 Å². The first-order valence-electron chi connectivity index (χ1n) is 12.9. The summed E-state index contributed by atoms with van der Waals surface area (Å²) < 4.78 is 12.9. The standard InChI is InChI=1S/C31H25ClN4O4/c1-39-24-13-16(14-25(40-2)30(24)38)26-27-22(11-12-23(27)37)34-31-28(26)29(20-15-33-21-6-4-3-5-19(20)21)35-36(31)18-9-7-17(32)8-10-18/h3-10,13-15,26,33-34,38H,11-12H2,1-2H3. The van der Waals surface area contributed by atoms with Crippen LogP contribution in [0.5, 0.6) is 17.2 Å². The number of methoxy groups -OCH3 is 2. The highest BCUT2D eigenvalue weighted by Crippen LogP contribution is 2.52. The third kappa shape index (κ3) is 3.60. The number of anilines is 1. The SMILES string of the molecule is COc1cc(C2C3=C(CCC3=O)Nc3c2c(-c2c[nH]c4ccccc24)nn3-c2ccc(Cl)cc2)cc(OC)c1O. The number of hydrogen-bond donors (Lipinski definition) is 3. The quantitative estimate of drug-likeness (QED) is 0.228. The number of ketones is 1. The Morgan fingerprint density at radius 1 is 1.02 bits per heavy atom. The summed E-state index contributed by atoms with van der Waals surface area (Å²) in [6.45, 7) is 0. The topological polar surface area (TPSA) is 101 Å². The van der Waals surface area contributed by atoms with Gasteiger partial charge in [0.1, 0.15) is 11.5 Å². The van der Waals surface area contributed by atoms with Crippen LogP contribution in [0.25, 0.3) is 27.8 Å². The Morgan fingerprint density at radius 3 is 2.48 bits per heavy atom. The lowest BCUT2D eigenvalue weighted by Gasteiger charge is -2.28. The fourth-order valence-electron chi connectivity index (χ4n) is 5.90. The maximum atomic E-state index is 13.4. The number of phenols is 1. The molecule has 1 unspecified atom stereocenters. The van der Waals surface area contributed by atoms with E-state index in [4.69, 9.17) is 26.2 Å². The van der Waals surface area contributed by atoms with Crippen LogP contribution in [0.15, 0.2) is 78.1 Å². The van der Waals surface area contributed by atoms with E-state index in [2.05, 4.69) is 16.4 Å². The molecule has 3 heterocycles. The van der Waals surface area contributed by atoms with E-state index in [0.29, 0.717) is 23.4 Å². The fourth-order valence-corrected chi connectivity index (χ4v) is 6.03. The normalized spacial score (nSPS) is 16.2. The van der Waals surface area contributed by atoms with Crippen LogP contribution in [0.1, 0.15) is 29.9 Å². The number of fused-ring (bicyclic) bond motifs is 2. The van der Waals surface area contributed by atoms with Gasteiger partial charge in [0.15, 0.2) is 17.3 Å². The first kappa shape index (κ1) is 24.4. The number of allylic oxidation sites excluding steroid dienone is 2. The molecule has 2 aliphatic rings. The van der Waals surface area contributed by atoms with E-state index >= 15 is 0 Å². The van der Waals surface area contributed by atoms with Gasteiger partial charge in [0.05, 0.1) is 19.9 Å². The van der Waals surface area contributed by atoms with Crippen molar-refractivity contribution in [2.75, 3.05) is 19.5 Å². The second-order valence-corrected chi connectivity index (χ2v) is 10.3. The molecule has 0 amide bonds. The number of benzene rings is 3. The summed E-state index contributed by atoms with van der Waals surface area (Å²) in [5.41, 5.74) is 6.63. The second-order valence-electron chi connectivity index (χ2n) is 9.89. The molecule has 0 fully saturated rings. The molecule has 0 saturated carbocycles. The number of nitrogens with one attached hydrogen (secondary N) is 2. The van der Waals surface area contributed by atoms with Crippen molar-refractivity contribution in [2.45, 2.75) is 18.8 Å². The van der Waals surface area contributed by atoms with Gasteiger partial charge in [-0.05, 0) is 54.4 Å². The highest BCUT2D eigenvalue weighted by atomic mass is 35.5. The summed E-state index contributed by atoms with van der Waals surface area (Å²) in [5.74, 6) is 0.805. The van der Waals surface area contributed by atoms with E-state index in [1.807, 2.05) is 53.3 Å². The number of aromatic hydroxyl groups is 1. The summed E-state index contributed by atoms with van der Waals surface area (Å²) in [4.78, 5) is 16.8. The first-order valence-corrected chi connectivity index (χ1v) is 13.3. The van der Waals surface area contributed by atoms with E-state index in [0.717, 1.165) is 50.5 Å². The van der Waals surface area contributed by atoms with Crippen LogP contribution < -0.4 is 14.8 Å². The van der Waals surface area contributed by atoms with Gasteiger partial charge in [-0.25, -0.2) is 4.68 Å². The fraction of sp³-hybridized carbons (Fsp3) is 0.161. The zero-order chi connectivity index (χ0) is 27.5. The van der Waals surface area contributed by atoms with E-state index < -0.39 is 5.92 Å². The molecule has 5 aromatic rings. The number of nitrogens with zero attached hydrogens (tertiary/aromatic N) is 2. The molecule has 3 N–H and O–H groups in total. The van der Waals surface area contributed by atoms with Gasteiger partial charge >= 0.3 is 0 Å². The minimum absolute atomic E-state index is 0.0771. The van der Waals surface area contributed by atoms with Crippen LogP contribution >= 0.6 is 11.6 Å². The lowest BCUT2D eigenvalue weighted by atomic mass is 9.80. The maximum absolute atomic E-state index is 13.4. The van der Waals surface area contributed by atoms with Crippen LogP contribution in [-0.2, 0) is 4.79 Å². The monoisotopic (exact) mass is 552 g/mol. The highest BCUT2D eigenvalue weighted by Gasteiger charge is 2.42. The Labute approximate surface area is 234 Å². The number of carbonyl (C=O) groups excluding carboxylic acids is 1. The molecular formula is C31H25ClN4O4. The smallest absolute Gasteiger partial charge is 0.200 e. The molecule has 40 heavy (non-hydrogen) atoms. The van der Waals surface area contributed by atoms with Gasteiger partial charge in [0, 0.05) is 56.9 Å². The molecule has 1 aliphatic carbocycles. The number of Topliss-reactive ketones (excluding diaryl/α,β-unsaturated/α-hetero) is 1. The maximum Gasteiger partial charge on any atom is 0.200 e. The molecular weight excluding hydrogens is 528 g/mol. The Kier molecular flexibility index (Phi) is 5.61. The lowest BCUT2D eigenvalue weighted by Crippen LogP contribution is -2.20. The minimum atomic E-state index is -0.477. The summed E-state index contributed by atoms with van der Waals surface area (Å²) in [6, 6.07) is 19.1. The second kappa shape index (κ2) is 9.20. The van der Waals surface area contributed by atoms with Crippen LogP contribution in [0, 0.1) is 0 Å². The molecule has 9 heteroatoms. The van der Waals surface area contributed by atoms with Crippen LogP contribution in [0.2, 0.25) is 5.02 Å². The van der Waals surface area contributed by atoms with E-state index in [1.54, 1.807) is 12.1 Å². The number of phenolic OH excluding ortho intramolecular Hbond substituents is 1. The molecule has 3 aromatic carbocycles. The van der Waals surface area contributed by atoms with Gasteiger partial charge in [-0.2, -0.15) is 5.10 Å². The predicted octanol–water partition coefficient (Wildman–Crippen LogP) is 6.57. The molecule has 1 atom stereocenters. The predicted molar refractivity (Wildman–Crippen MR) is 154 cm³/mol. The number of H-pyrrole nitrogens is 1. The Hall–Kier alpha value is -4.69. The molecule has 8 nitrogen and oxygen atoms in total. The summed E-state index contributed by atoms with van der Waals surface area (Å²) in [7, 11) is 2.99. The van der Waals surface area contributed by atoms with Crippen LogP contribution in [0.3, 0.4) is 0 Å². The number of rotatable bonds is 5. The number of aromatic amines is 1. The molecule has 7 rings (SSSR count). The van der Waals surface area contributed by atoms with Crippen molar-refractivity contribution in [1.29, 1.82) is 0 Å². The molecule has 0 spiro atoms. The first-order chi connectivity index (χ1) is 19.5. The average Bonchev–Trinajstić information content (AvgIpc) is 3.68. The van der Waals surface area contributed by atoms with Crippen molar-refractivity contribution in [3.63, 3.8) is 0 Å². The van der Waals surface area contributed by atoms with E-state index in [1.165, 1.54) is 14.2 Å². The summed E-state index contributed by atoms with van der Waals surface area (Å²) in [5, 5.41) is 21.0. The van der Waals surface area contributed by atoms with Crippen molar-refractivity contribution in [2.24, 2.45) is 0 Å². The molecule has 200 valence electrons. The van der Waals surface area contributed by atoms with Crippen LogP contribution in [0.4, 0.5) is 5.82 Å². The molecule has 0 bridgehead atoms. The largest absolute Gasteiger partial charge is 0.502 e. The van der Waals surface area contributed by atoms with Gasteiger partial charge in [0.25, 0.3) is 0 Å². The number of halogens is 1. The molecule has 1 aliphatic heterocycles. The van der Waals surface area contributed by atoms with Crippen LogP contribution in [-0.4, -0.2) is 39.9 Å². The van der Waals surface area contributed by atoms with Crippen molar-refractivity contribution in [3.8, 4) is 34.2 Å². The van der Waals surface area contributed by atoms with Crippen molar-refractivity contribution < 1.29 is 19.4 Å². The minimum Gasteiger partial charge on any atom is -0.502 e. The van der Waals surface area contributed by atoms with Gasteiger partial charge in [-0.3, -0.25) is 4.79 Å². The number of hydrogen-bond acceptors (Lipinski definition) is 6. The Bertz CT molecular complexity index is 1830. The third-order valence-corrected chi connectivity index (χ3v) is 8.00. The molecule has 0 radical (unpaired) electrons. The summed E-state index contributed by atoms with van der Waals surface area (Å²) >= 11 is 6.22. The molecule has 0 saturated heterocycles. The number of ether oxygens (including phenoxy) is 2. The van der Waals surface area contributed by atoms with Crippen molar-refractivity contribution in [3.05, 3.63) is 94.3 Å². The number of aromatic nitrogens is 3. The average molecular weight is 553 g/mol.